The van der Waals surface area contributed by atoms with Gasteiger partial charge in [0.15, 0.2) is 33.2 Å². The summed E-state index contributed by atoms with van der Waals surface area (Å²) in [4.78, 5) is 105. The maximum Gasteiger partial charge on any atom is 0.320 e. The molecule has 36 nitrogen and oxygen atoms in total. The summed E-state index contributed by atoms with van der Waals surface area (Å²) in [5.74, 6) is -9.29. The minimum Gasteiger partial charge on any atom is -0.480 e. The Morgan fingerprint density at radius 1 is 0.465 bits per heavy atom. The molecule has 8 rings (SSSR count). The van der Waals surface area contributed by atoms with E-state index in [0.717, 1.165) is 40.3 Å². The number of aryl methyl sites for hydroxylation is 2. The summed E-state index contributed by atoms with van der Waals surface area (Å²) >= 11 is 2.47. The Hall–Kier alpha value is -8.46. The van der Waals surface area contributed by atoms with Crippen molar-refractivity contribution in [2.24, 2.45) is 23.3 Å². The molecule has 8 aromatic rings. The van der Waals surface area contributed by atoms with Crippen LogP contribution in [0.3, 0.4) is 0 Å². The van der Waals surface area contributed by atoms with Crippen LogP contribution in [0.4, 0.5) is 22.7 Å². The van der Waals surface area contributed by atoms with Gasteiger partial charge < -0.3 is 70.5 Å². The molecule has 0 bridgehead atoms. The number of nitro benzene ring substituents is 4. The van der Waals surface area contributed by atoms with E-state index >= 15 is 0 Å². The Morgan fingerprint density at radius 3 is 1.17 bits per heavy atom. The van der Waals surface area contributed by atoms with Crippen LogP contribution in [0.15, 0.2) is 196 Å². The number of furan rings is 2. The highest BCUT2D eigenvalue weighted by Crippen LogP contribution is 2.59. The van der Waals surface area contributed by atoms with Gasteiger partial charge in [-0.1, -0.05) is 99.1 Å². The van der Waals surface area contributed by atoms with Gasteiger partial charge in [0.1, 0.15) is 39.1 Å². The molecule has 6 aromatic carbocycles. The van der Waals surface area contributed by atoms with Crippen LogP contribution in [0.2, 0.25) is 0 Å². The number of rotatable bonds is 36. The fourth-order valence-corrected chi connectivity index (χ4v) is 21.2. The molecule has 44 heteroatoms. The highest BCUT2D eigenvalue weighted by atomic mass is 32.2. The summed E-state index contributed by atoms with van der Waals surface area (Å²) in [6.45, 7) is 11.4. The minimum atomic E-state index is -4.43. The second kappa shape index (κ2) is 41.9. The number of aliphatic hydroxyl groups is 4. The second-order valence-electron chi connectivity index (χ2n) is 26.6. The number of hydrogen-bond acceptors (Lipinski definition) is 28. The fourth-order valence-electron chi connectivity index (χ4n) is 10.0. The number of hydrogen-bond donors (Lipinski definition) is 12. The lowest BCUT2D eigenvalue weighted by atomic mass is 10.2. The molecule has 0 amide bonds. The number of carboxylic acids is 2. The number of nitrogens with zero attached hydrogens (tertiary/aromatic N) is 4. The Labute approximate surface area is 661 Å². The van der Waals surface area contributed by atoms with E-state index in [9.17, 15) is 125 Å². The van der Waals surface area contributed by atoms with E-state index in [-0.39, 0.29) is 68.4 Å². The molecule has 0 saturated carbocycles. The first-order valence-corrected chi connectivity index (χ1v) is 46.6. The number of carbonyl (C=O) groups is 2. The lowest BCUT2D eigenvalue weighted by Crippen LogP contribution is -2.31. The molecule has 2 aromatic heterocycles. The predicted octanol–water partition coefficient (Wildman–Crippen LogP) is 13.2. The molecule has 114 heavy (non-hydrogen) atoms. The smallest absolute Gasteiger partial charge is 0.320 e. The number of aliphatic hydroxyl groups excluding tert-OH is 4. The van der Waals surface area contributed by atoms with Crippen molar-refractivity contribution in [1.82, 2.24) is 0 Å². The van der Waals surface area contributed by atoms with Crippen molar-refractivity contribution < 1.29 is 123 Å². The van der Waals surface area contributed by atoms with Crippen molar-refractivity contribution >= 4 is 107 Å². The van der Waals surface area contributed by atoms with Gasteiger partial charge >= 0.3 is 11.9 Å². The van der Waals surface area contributed by atoms with Crippen LogP contribution in [0, 0.1) is 66.1 Å². The van der Waals surface area contributed by atoms with E-state index in [1.807, 2.05) is 58.9 Å². The Kier molecular flexibility index (Phi) is 35.3. The predicted molar refractivity (Wildman–Crippen MR) is 420 cm³/mol. The first kappa shape index (κ1) is 96.1. The van der Waals surface area contributed by atoms with E-state index < -0.39 is 168 Å². The molecule has 2 heterocycles. The molecule has 0 aliphatic carbocycles. The third-order valence-corrected chi connectivity index (χ3v) is 30.2. The van der Waals surface area contributed by atoms with E-state index in [0.29, 0.717) is 46.3 Å². The quantitative estimate of drug-likeness (QED) is 0.00751. The molecule has 14 N–H and O–H groups in total. The van der Waals surface area contributed by atoms with E-state index in [2.05, 4.69) is 0 Å². The zero-order valence-corrected chi connectivity index (χ0v) is 68.5. The van der Waals surface area contributed by atoms with Crippen LogP contribution in [-0.2, 0) is 59.0 Å². The zero-order chi connectivity index (χ0) is 85.8. The maximum atomic E-state index is 12.8. The van der Waals surface area contributed by atoms with Gasteiger partial charge in [0, 0.05) is 53.8 Å². The van der Waals surface area contributed by atoms with Crippen molar-refractivity contribution in [2.45, 2.75) is 144 Å². The van der Waals surface area contributed by atoms with E-state index in [1.54, 1.807) is 19.1 Å². The third kappa shape index (κ3) is 27.9. The van der Waals surface area contributed by atoms with Crippen LogP contribution >= 0.6 is 53.0 Å². The Balaban J connectivity index is 0.000000272. The van der Waals surface area contributed by atoms with E-state index in [1.165, 1.54) is 109 Å². The number of aliphatic carboxylic acids is 2. The standard InChI is InChI=1S/C19H24NO5PS.C18H21N2O9PS.C17H22NO6PS.C16H19N2O10PS/c1-13(2)10-11-26(24,25)19(21)15-6-9-18(17(12-15)20(22)23)27-16-7-4-14(3)5-8-16;1-11-2-5-13(6-3-11)31(28,29)16-7-4-12(10-15(16)20(24)25)18(23)30(26,27)9-8-14(19)17(21)22;1-12(2)7-9-25(22,23)17(19)13-5-6-16(15(10-13)18(20)21)26-11-14-4-3-8-24-14;17-12(15(19)20)5-7-29(24,25)16(21)10-3-4-14(13(8-10)18(22)23)30(26,27)9-11-2-1-6-28-11/h4-9,12-13,19,21H,10-11H2,1-3H3,(H,24,25);2-7,10,14,18,23H,8-9,19H2,1H3,(H,21,22)(H,26,27);3-6,8,10,12,17,19H,7,9,11H2,1-2H3,(H,22,23);1-4,6,8,12,16,21H,5,7,9,17H2,(H,19,20)(H,24,25)/t;14-,18?;;12-,16?/m.0.0/s1. The molecule has 0 aliphatic rings. The summed E-state index contributed by atoms with van der Waals surface area (Å²) in [6, 6.07) is 30.2. The largest absolute Gasteiger partial charge is 0.480 e. The number of nitro groups is 4. The average Bonchev–Trinajstić information content (AvgIpc) is 0.825. The maximum absolute atomic E-state index is 12.8. The molecule has 620 valence electrons. The first-order valence-electron chi connectivity index (χ1n) is 34.0. The Bertz CT molecular complexity index is 5140. The van der Waals surface area contributed by atoms with Crippen molar-refractivity contribution in [3.8, 4) is 0 Å². The molecule has 8 unspecified atom stereocenters. The Morgan fingerprint density at radius 2 is 0.798 bits per heavy atom. The highest BCUT2D eigenvalue weighted by molar-refractivity contribution is 7.99. The number of thioether (sulfide) groups is 1. The summed E-state index contributed by atoms with van der Waals surface area (Å²) in [5, 5.41) is 104. The van der Waals surface area contributed by atoms with Crippen LogP contribution in [-0.4, -0.2) is 135 Å². The molecule has 0 spiro atoms. The molecular formula is C70H86N6O30P4S4. The fraction of sp³-hybridized carbons (Fsp3) is 0.343. The molecule has 10 atom stereocenters. The van der Waals surface area contributed by atoms with E-state index in [4.69, 9.17) is 30.5 Å². The summed E-state index contributed by atoms with van der Waals surface area (Å²) in [7, 11) is -25.1. The molecule has 0 saturated heterocycles. The summed E-state index contributed by atoms with van der Waals surface area (Å²) in [6.07, 6.45) is 1.55. The van der Waals surface area contributed by atoms with Crippen LogP contribution in [0.25, 0.3) is 0 Å². The van der Waals surface area contributed by atoms with Gasteiger partial charge in [0.25, 0.3) is 22.7 Å². The van der Waals surface area contributed by atoms with Gasteiger partial charge in [-0.05, 0) is 146 Å². The van der Waals surface area contributed by atoms with Gasteiger partial charge in [-0.25, -0.2) is 16.8 Å². The molecule has 0 fully saturated rings. The van der Waals surface area contributed by atoms with Crippen LogP contribution in [0.5, 0.6) is 0 Å². The average molecular weight is 1740 g/mol. The lowest BCUT2D eigenvalue weighted by Gasteiger charge is -2.19. The first-order chi connectivity index (χ1) is 52.9. The van der Waals surface area contributed by atoms with Gasteiger partial charge in [-0.15, -0.1) is 11.8 Å². The van der Waals surface area contributed by atoms with Crippen molar-refractivity contribution in [3.05, 3.63) is 243 Å². The monoisotopic (exact) mass is 1740 g/mol. The topological polar surface area (TPSA) is 624 Å². The molecular weight excluding hydrogens is 1660 g/mol. The molecule has 0 aliphatic heterocycles. The van der Waals surface area contributed by atoms with Gasteiger partial charge in [0.2, 0.25) is 39.3 Å². The van der Waals surface area contributed by atoms with Crippen LogP contribution in [0.1, 0.15) is 122 Å². The number of benzene rings is 6. The van der Waals surface area contributed by atoms with Gasteiger partial charge in [0.05, 0.1) is 52.7 Å². The lowest BCUT2D eigenvalue weighted by molar-refractivity contribution is -0.388. The second-order valence-corrected chi connectivity index (χ2v) is 42.4. The highest BCUT2D eigenvalue weighted by Gasteiger charge is 2.39. The van der Waals surface area contributed by atoms with Crippen molar-refractivity contribution in [2.75, 3.05) is 24.6 Å². The molecule has 0 radical (unpaired) electrons. The number of sulfone groups is 2. The normalized spacial score (nSPS) is 15.3. The number of nitrogens with two attached hydrogens (primary N) is 2. The summed E-state index contributed by atoms with van der Waals surface area (Å²) in [5.41, 5.74) is 9.71. The third-order valence-electron chi connectivity index (χ3n) is 16.7. The summed E-state index contributed by atoms with van der Waals surface area (Å²) < 4.78 is 111. The van der Waals surface area contributed by atoms with Crippen LogP contribution < -0.4 is 11.5 Å². The minimum absolute atomic E-state index is 0.0283. The SMILES string of the molecule is CC(C)CCP(=O)(O)C(O)c1ccc(SCc2ccco2)c([N+](=O)[O-])c1.Cc1ccc(S(=O)(=O)c2ccc(C(O)P(=O)(O)CC[C@H](N)C(=O)O)cc2[N+](=O)[O-])cc1.Cc1ccc(Sc2ccc(C(O)P(=O)(O)CCC(C)C)cc2[N+](=O)[O-])cc1.N[C@@H](CCP(=O)(O)C(O)c1ccc(S(=O)(=O)Cc2ccco2)c([N+](=O)[O-])c1)C(=O)O. The van der Waals surface area contributed by atoms with Crippen molar-refractivity contribution in [3.63, 3.8) is 0 Å². The van der Waals surface area contributed by atoms with Crippen molar-refractivity contribution in [1.29, 1.82) is 0 Å². The van der Waals surface area contributed by atoms with Gasteiger partial charge in [-0.2, -0.15) is 0 Å². The number of carboxylic acid groups (broad SMARTS) is 2. The zero-order valence-electron chi connectivity index (χ0n) is 61.7. The van der Waals surface area contributed by atoms with Gasteiger partial charge in [-0.3, -0.25) is 68.3 Å².